The number of nitrogens with zero attached hydrogens (tertiary/aromatic N) is 1. The van der Waals surface area contributed by atoms with E-state index < -0.39 is 29.7 Å². The molecule has 1 aliphatic carbocycles. The van der Waals surface area contributed by atoms with Gasteiger partial charge in [-0.3, -0.25) is 4.79 Å². The molecular weight excluding hydrogens is 323 g/mol. The van der Waals surface area contributed by atoms with Crippen LogP contribution < -0.4 is 0 Å². The van der Waals surface area contributed by atoms with Gasteiger partial charge in [0.1, 0.15) is 6.04 Å². The SMILES string of the molecule is O=C(O)C1CC2CCCCC2N1C(=O)c1cccc(C(F)(F)F)c1. The fourth-order valence-electron chi connectivity index (χ4n) is 3.95. The van der Waals surface area contributed by atoms with Gasteiger partial charge in [-0.25, -0.2) is 4.79 Å². The van der Waals surface area contributed by atoms with E-state index in [0.29, 0.717) is 12.8 Å². The molecule has 1 saturated heterocycles. The summed E-state index contributed by atoms with van der Waals surface area (Å²) in [6.07, 6.45) is -0.690. The van der Waals surface area contributed by atoms with Crippen molar-refractivity contribution in [1.29, 1.82) is 0 Å². The van der Waals surface area contributed by atoms with Crippen molar-refractivity contribution in [2.24, 2.45) is 5.92 Å². The fourth-order valence-corrected chi connectivity index (χ4v) is 3.95. The number of likely N-dealkylation sites (tertiary alicyclic amines) is 1. The van der Waals surface area contributed by atoms with Gasteiger partial charge in [0, 0.05) is 11.6 Å². The van der Waals surface area contributed by atoms with Gasteiger partial charge in [0.05, 0.1) is 5.56 Å². The molecule has 1 amide bonds. The summed E-state index contributed by atoms with van der Waals surface area (Å²) >= 11 is 0. The average Bonchev–Trinajstić information content (AvgIpc) is 2.93. The van der Waals surface area contributed by atoms with Crippen LogP contribution in [0.3, 0.4) is 0 Å². The molecule has 1 aliphatic heterocycles. The maximum atomic E-state index is 12.9. The van der Waals surface area contributed by atoms with Gasteiger partial charge in [0.25, 0.3) is 5.91 Å². The van der Waals surface area contributed by atoms with Crippen molar-refractivity contribution in [3.63, 3.8) is 0 Å². The van der Waals surface area contributed by atoms with Crippen molar-refractivity contribution in [1.82, 2.24) is 4.90 Å². The third-order valence-corrected chi connectivity index (χ3v) is 5.04. The number of hydrogen-bond donors (Lipinski definition) is 1. The molecule has 0 spiro atoms. The van der Waals surface area contributed by atoms with Crippen LogP contribution >= 0.6 is 0 Å². The molecule has 1 aromatic rings. The van der Waals surface area contributed by atoms with Gasteiger partial charge >= 0.3 is 12.1 Å². The van der Waals surface area contributed by atoms with E-state index in [1.165, 1.54) is 17.0 Å². The Morgan fingerprint density at radius 1 is 1.17 bits per heavy atom. The van der Waals surface area contributed by atoms with Crippen LogP contribution in [0.5, 0.6) is 0 Å². The minimum Gasteiger partial charge on any atom is -0.480 e. The van der Waals surface area contributed by atoms with E-state index in [9.17, 15) is 27.9 Å². The molecule has 1 heterocycles. The summed E-state index contributed by atoms with van der Waals surface area (Å²) in [5.41, 5.74) is -1.01. The molecule has 4 nitrogen and oxygen atoms in total. The summed E-state index contributed by atoms with van der Waals surface area (Å²) in [7, 11) is 0. The van der Waals surface area contributed by atoms with E-state index in [2.05, 4.69) is 0 Å². The summed E-state index contributed by atoms with van der Waals surface area (Å²) in [6, 6.07) is 3.05. The topological polar surface area (TPSA) is 57.6 Å². The Bertz CT molecular complexity index is 659. The average molecular weight is 341 g/mol. The Kier molecular flexibility index (Phi) is 4.27. The predicted molar refractivity (Wildman–Crippen MR) is 79.4 cm³/mol. The molecular formula is C17H18F3NO3. The summed E-state index contributed by atoms with van der Waals surface area (Å²) in [5, 5.41) is 9.44. The summed E-state index contributed by atoms with van der Waals surface area (Å²) in [6.45, 7) is 0. The highest BCUT2D eigenvalue weighted by Gasteiger charge is 2.47. The Labute approximate surface area is 137 Å². The third-order valence-electron chi connectivity index (χ3n) is 5.04. The van der Waals surface area contributed by atoms with Crippen molar-refractivity contribution in [3.8, 4) is 0 Å². The van der Waals surface area contributed by atoms with E-state index in [-0.39, 0.29) is 17.5 Å². The fraction of sp³-hybridized carbons (Fsp3) is 0.529. The largest absolute Gasteiger partial charge is 0.480 e. The van der Waals surface area contributed by atoms with Crippen molar-refractivity contribution in [3.05, 3.63) is 35.4 Å². The minimum atomic E-state index is -4.54. The van der Waals surface area contributed by atoms with Gasteiger partial charge in [-0.05, 0) is 43.4 Å². The molecule has 24 heavy (non-hydrogen) atoms. The van der Waals surface area contributed by atoms with Crippen LogP contribution in [0.4, 0.5) is 13.2 Å². The van der Waals surface area contributed by atoms with Crippen LogP contribution in [0.1, 0.15) is 48.0 Å². The normalized spacial score (nSPS) is 27.0. The molecule has 2 fully saturated rings. The molecule has 3 atom stereocenters. The van der Waals surface area contributed by atoms with Crippen molar-refractivity contribution >= 4 is 11.9 Å². The van der Waals surface area contributed by atoms with Gasteiger partial charge < -0.3 is 10.0 Å². The molecule has 1 aromatic carbocycles. The number of amides is 1. The maximum Gasteiger partial charge on any atom is 0.416 e. The van der Waals surface area contributed by atoms with Gasteiger partial charge in [-0.1, -0.05) is 18.9 Å². The lowest BCUT2D eigenvalue weighted by Gasteiger charge is -2.33. The number of carbonyl (C=O) groups excluding carboxylic acids is 1. The second-order valence-corrected chi connectivity index (χ2v) is 6.49. The highest BCUT2D eigenvalue weighted by atomic mass is 19.4. The van der Waals surface area contributed by atoms with Crippen molar-refractivity contribution in [2.45, 2.75) is 50.4 Å². The van der Waals surface area contributed by atoms with E-state index in [4.69, 9.17) is 0 Å². The van der Waals surface area contributed by atoms with E-state index >= 15 is 0 Å². The standard InChI is InChI=1S/C17H18F3NO3/c18-17(19,20)12-6-3-5-11(8-12)15(22)21-13-7-2-1-4-10(13)9-14(21)16(23)24/h3,5-6,8,10,13-14H,1-2,4,7,9H2,(H,23,24). The first kappa shape index (κ1) is 16.8. The molecule has 1 N–H and O–H groups in total. The predicted octanol–water partition coefficient (Wildman–Crippen LogP) is 3.56. The number of hydrogen-bond acceptors (Lipinski definition) is 2. The quantitative estimate of drug-likeness (QED) is 0.895. The zero-order valence-corrected chi connectivity index (χ0v) is 12.9. The number of aliphatic carboxylic acids is 1. The second-order valence-electron chi connectivity index (χ2n) is 6.49. The smallest absolute Gasteiger partial charge is 0.416 e. The van der Waals surface area contributed by atoms with Crippen molar-refractivity contribution in [2.75, 3.05) is 0 Å². The number of alkyl halides is 3. The zero-order chi connectivity index (χ0) is 17.5. The molecule has 2 aliphatic rings. The number of benzene rings is 1. The monoisotopic (exact) mass is 341 g/mol. The van der Waals surface area contributed by atoms with Crippen LogP contribution in [0.25, 0.3) is 0 Å². The number of rotatable bonds is 2. The maximum absolute atomic E-state index is 12.9. The Morgan fingerprint density at radius 3 is 2.54 bits per heavy atom. The third kappa shape index (κ3) is 2.99. The molecule has 0 aromatic heterocycles. The van der Waals surface area contributed by atoms with Crippen LogP contribution in [0.2, 0.25) is 0 Å². The number of carboxylic acids is 1. The highest BCUT2D eigenvalue weighted by molar-refractivity contribution is 5.97. The van der Waals surface area contributed by atoms with Crippen LogP contribution in [0.15, 0.2) is 24.3 Å². The number of carboxylic acid groups (broad SMARTS) is 1. The number of halogens is 3. The first-order valence-electron chi connectivity index (χ1n) is 8.02. The first-order chi connectivity index (χ1) is 11.3. The number of fused-ring (bicyclic) bond motifs is 1. The van der Waals surface area contributed by atoms with Gasteiger partial charge in [0.2, 0.25) is 0 Å². The van der Waals surface area contributed by atoms with Crippen molar-refractivity contribution < 1.29 is 27.9 Å². The van der Waals surface area contributed by atoms with Gasteiger partial charge in [0.15, 0.2) is 0 Å². The minimum absolute atomic E-state index is 0.109. The molecule has 0 radical (unpaired) electrons. The second kappa shape index (κ2) is 6.11. The molecule has 3 unspecified atom stereocenters. The zero-order valence-electron chi connectivity index (χ0n) is 12.9. The molecule has 3 rings (SSSR count). The van der Waals surface area contributed by atoms with E-state index in [1.54, 1.807) is 0 Å². The Morgan fingerprint density at radius 2 is 1.88 bits per heavy atom. The molecule has 7 heteroatoms. The molecule has 0 bridgehead atoms. The van der Waals surface area contributed by atoms with E-state index in [1.807, 2.05) is 0 Å². The van der Waals surface area contributed by atoms with Crippen LogP contribution in [-0.2, 0) is 11.0 Å². The number of carbonyl (C=O) groups is 2. The Hall–Kier alpha value is -2.05. The first-order valence-corrected chi connectivity index (χ1v) is 8.02. The highest BCUT2D eigenvalue weighted by Crippen LogP contribution is 2.41. The molecule has 1 saturated carbocycles. The summed E-state index contributed by atoms with van der Waals surface area (Å²) in [4.78, 5) is 25.6. The van der Waals surface area contributed by atoms with Gasteiger partial charge in [-0.15, -0.1) is 0 Å². The van der Waals surface area contributed by atoms with Crippen LogP contribution in [0, 0.1) is 5.92 Å². The van der Waals surface area contributed by atoms with E-state index in [0.717, 1.165) is 31.4 Å². The Balaban J connectivity index is 1.93. The lowest BCUT2D eigenvalue weighted by Crippen LogP contribution is -2.46. The summed E-state index contributed by atoms with van der Waals surface area (Å²) < 4.78 is 38.6. The van der Waals surface area contributed by atoms with Crippen LogP contribution in [-0.4, -0.2) is 34.0 Å². The molecule has 130 valence electrons. The van der Waals surface area contributed by atoms with Gasteiger partial charge in [-0.2, -0.15) is 13.2 Å². The lowest BCUT2D eigenvalue weighted by molar-refractivity contribution is -0.142. The lowest BCUT2D eigenvalue weighted by atomic mass is 9.84. The summed E-state index contributed by atoms with van der Waals surface area (Å²) in [5.74, 6) is -1.60.